The molecule has 2 aliphatic rings. The number of ether oxygens (including phenoxy) is 1. The maximum atomic E-state index is 12.9. The van der Waals surface area contributed by atoms with Crippen molar-refractivity contribution < 1.29 is 19.1 Å². The second-order valence-electron chi connectivity index (χ2n) is 6.62. The molecule has 8 heteroatoms. The van der Waals surface area contributed by atoms with E-state index in [9.17, 15) is 14.4 Å². The fourth-order valence-electron chi connectivity index (χ4n) is 4.07. The third kappa shape index (κ3) is 2.82. The molecule has 26 heavy (non-hydrogen) atoms. The monoisotopic (exact) mass is 396 g/mol. The van der Waals surface area contributed by atoms with Gasteiger partial charge in [0, 0.05) is 18.1 Å². The van der Waals surface area contributed by atoms with E-state index in [1.807, 2.05) is 18.4 Å². The quantitative estimate of drug-likeness (QED) is 0.605. The largest absolute Gasteiger partial charge is 0.468 e. The zero-order chi connectivity index (χ0) is 19.1. The standard InChI is InChI=1S/C18H21ClN2O4S/c1-21-15(22)12-13(16(21)23)18(8-9-26-3,17(24)25-2)20-14(12)10-4-6-11(19)7-5-10/h4-7,12-14,20H,8-9H2,1-3H3/t12-,13-,14+,18+/m0/s1. The molecule has 0 spiro atoms. The summed E-state index contributed by atoms with van der Waals surface area (Å²) >= 11 is 7.55. The number of esters is 1. The number of benzene rings is 1. The van der Waals surface area contributed by atoms with Crippen LogP contribution < -0.4 is 5.32 Å². The molecular weight excluding hydrogens is 376 g/mol. The molecule has 3 rings (SSSR count). The number of carbonyl (C=O) groups is 3. The molecule has 6 nitrogen and oxygen atoms in total. The Morgan fingerprint density at radius 2 is 1.96 bits per heavy atom. The first kappa shape index (κ1) is 19.2. The first-order chi connectivity index (χ1) is 12.4. The van der Waals surface area contributed by atoms with Gasteiger partial charge in [-0.15, -0.1) is 0 Å². The van der Waals surface area contributed by atoms with E-state index in [0.29, 0.717) is 17.2 Å². The molecule has 0 aromatic heterocycles. The van der Waals surface area contributed by atoms with E-state index in [-0.39, 0.29) is 11.8 Å². The van der Waals surface area contributed by atoms with Crippen LogP contribution >= 0.6 is 23.4 Å². The summed E-state index contributed by atoms with van der Waals surface area (Å²) in [5.41, 5.74) is -0.402. The van der Waals surface area contributed by atoms with Gasteiger partial charge >= 0.3 is 5.97 Å². The van der Waals surface area contributed by atoms with Gasteiger partial charge in [0.05, 0.1) is 18.9 Å². The van der Waals surface area contributed by atoms with Gasteiger partial charge in [-0.3, -0.25) is 24.6 Å². The molecule has 1 aromatic carbocycles. The number of methoxy groups -OCH3 is 1. The summed E-state index contributed by atoms with van der Waals surface area (Å²) in [6, 6.07) is 6.64. The number of likely N-dealkylation sites (tertiary alicyclic amines) is 1. The number of amides is 2. The highest BCUT2D eigenvalue weighted by molar-refractivity contribution is 7.98. The predicted octanol–water partition coefficient (Wildman–Crippen LogP) is 1.88. The zero-order valence-electron chi connectivity index (χ0n) is 14.8. The number of nitrogens with one attached hydrogen (secondary N) is 1. The molecule has 0 bridgehead atoms. The van der Waals surface area contributed by atoms with E-state index < -0.39 is 29.4 Å². The van der Waals surface area contributed by atoms with Crippen LogP contribution in [0.5, 0.6) is 0 Å². The molecule has 2 saturated heterocycles. The molecule has 0 saturated carbocycles. The predicted molar refractivity (Wildman–Crippen MR) is 99.8 cm³/mol. The Morgan fingerprint density at radius 1 is 1.31 bits per heavy atom. The molecular formula is C18H21ClN2O4S. The molecule has 0 unspecified atom stereocenters. The first-order valence-electron chi connectivity index (χ1n) is 8.29. The van der Waals surface area contributed by atoms with Gasteiger partial charge < -0.3 is 4.74 Å². The number of carbonyl (C=O) groups excluding carboxylic acids is 3. The lowest BCUT2D eigenvalue weighted by Crippen LogP contribution is -2.56. The van der Waals surface area contributed by atoms with Crippen molar-refractivity contribution in [1.82, 2.24) is 10.2 Å². The number of halogens is 1. The van der Waals surface area contributed by atoms with Crippen LogP contribution in [0.15, 0.2) is 24.3 Å². The molecule has 4 atom stereocenters. The minimum atomic E-state index is -1.22. The zero-order valence-corrected chi connectivity index (χ0v) is 16.4. The van der Waals surface area contributed by atoms with Gasteiger partial charge in [-0.05, 0) is 36.1 Å². The van der Waals surface area contributed by atoms with Crippen molar-refractivity contribution in [3.63, 3.8) is 0 Å². The minimum absolute atomic E-state index is 0.276. The summed E-state index contributed by atoms with van der Waals surface area (Å²) in [7, 11) is 2.78. The Balaban J connectivity index is 2.11. The van der Waals surface area contributed by atoms with Crippen LogP contribution in [0.25, 0.3) is 0 Å². The van der Waals surface area contributed by atoms with Crippen LogP contribution in [-0.4, -0.2) is 54.4 Å². The summed E-state index contributed by atoms with van der Waals surface area (Å²) in [6.45, 7) is 0. The van der Waals surface area contributed by atoms with E-state index in [1.165, 1.54) is 14.2 Å². The summed E-state index contributed by atoms with van der Waals surface area (Å²) < 4.78 is 5.05. The molecule has 140 valence electrons. The van der Waals surface area contributed by atoms with Crippen molar-refractivity contribution >= 4 is 41.1 Å². The number of imide groups is 1. The third-order valence-corrected chi connectivity index (χ3v) is 6.22. The lowest BCUT2D eigenvalue weighted by atomic mass is 9.78. The van der Waals surface area contributed by atoms with E-state index >= 15 is 0 Å². The average molecular weight is 397 g/mol. The van der Waals surface area contributed by atoms with Crippen LogP contribution in [0.4, 0.5) is 0 Å². The highest BCUT2D eigenvalue weighted by atomic mass is 35.5. The van der Waals surface area contributed by atoms with Crippen LogP contribution in [0, 0.1) is 11.8 Å². The summed E-state index contributed by atoms with van der Waals surface area (Å²) in [5, 5.41) is 3.89. The van der Waals surface area contributed by atoms with Crippen LogP contribution in [0.3, 0.4) is 0 Å². The lowest BCUT2D eigenvalue weighted by Gasteiger charge is -2.32. The average Bonchev–Trinajstić information content (AvgIpc) is 3.10. The van der Waals surface area contributed by atoms with Crippen molar-refractivity contribution in [3.05, 3.63) is 34.9 Å². The van der Waals surface area contributed by atoms with Crippen LogP contribution in [0.2, 0.25) is 5.02 Å². The van der Waals surface area contributed by atoms with Crippen molar-refractivity contribution in [2.24, 2.45) is 11.8 Å². The molecule has 1 N–H and O–H groups in total. The molecule has 2 fully saturated rings. The summed E-state index contributed by atoms with van der Waals surface area (Å²) in [6.07, 6.45) is 2.33. The number of nitrogens with zero attached hydrogens (tertiary/aromatic N) is 1. The van der Waals surface area contributed by atoms with Crippen molar-refractivity contribution in [2.45, 2.75) is 18.0 Å². The smallest absolute Gasteiger partial charge is 0.326 e. The maximum absolute atomic E-state index is 12.9. The van der Waals surface area contributed by atoms with Crippen molar-refractivity contribution in [3.8, 4) is 0 Å². The first-order valence-corrected chi connectivity index (χ1v) is 10.1. The van der Waals surface area contributed by atoms with Gasteiger partial charge in [-0.2, -0.15) is 11.8 Å². The van der Waals surface area contributed by atoms with Gasteiger partial charge in [0.25, 0.3) is 0 Å². The highest BCUT2D eigenvalue weighted by Gasteiger charge is 2.67. The number of rotatable bonds is 5. The minimum Gasteiger partial charge on any atom is -0.468 e. The van der Waals surface area contributed by atoms with E-state index in [4.69, 9.17) is 16.3 Å². The van der Waals surface area contributed by atoms with Gasteiger partial charge in [-0.25, -0.2) is 0 Å². The molecule has 2 heterocycles. The number of fused-ring (bicyclic) bond motifs is 1. The summed E-state index contributed by atoms with van der Waals surface area (Å²) in [4.78, 5) is 39.6. The summed E-state index contributed by atoms with van der Waals surface area (Å²) in [5.74, 6) is -1.88. The fraction of sp³-hybridized carbons (Fsp3) is 0.500. The van der Waals surface area contributed by atoms with E-state index in [0.717, 1.165) is 10.5 Å². The second-order valence-corrected chi connectivity index (χ2v) is 8.04. The van der Waals surface area contributed by atoms with E-state index in [2.05, 4.69) is 5.32 Å². The molecule has 1 aromatic rings. The molecule has 2 amide bonds. The molecule has 2 aliphatic heterocycles. The van der Waals surface area contributed by atoms with Gasteiger partial charge in [0.1, 0.15) is 5.54 Å². The Hall–Kier alpha value is -1.57. The van der Waals surface area contributed by atoms with Crippen molar-refractivity contribution in [2.75, 3.05) is 26.2 Å². The van der Waals surface area contributed by atoms with Crippen molar-refractivity contribution in [1.29, 1.82) is 0 Å². The normalized spacial score (nSPS) is 30.6. The molecule has 0 radical (unpaired) electrons. The highest BCUT2D eigenvalue weighted by Crippen LogP contribution is 2.50. The number of hydrogen-bond acceptors (Lipinski definition) is 6. The maximum Gasteiger partial charge on any atom is 0.326 e. The van der Waals surface area contributed by atoms with E-state index in [1.54, 1.807) is 23.9 Å². The lowest BCUT2D eigenvalue weighted by molar-refractivity contribution is -0.154. The van der Waals surface area contributed by atoms with Gasteiger partial charge in [-0.1, -0.05) is 23.7 Å². The number of thioether (sulfide) groups is 1. The Morgan fingerprint density at radius 3 is 2.54 bits per heavy atom. The Labute approximate surface area is 161 Å². The topological polar surface area (TPSA) is 75.7 Å². The van der Waals surface area contributed by atoms with Gasteiger partial charge in [0.15, 0.2) is 0 Å². The fourth-order valence-corrected chi connectivity index (χ4v) is 4.72. The molecule has 0 aliphatic carbocycles. The Kier molecular flexibility index (Phi) is 5.33. The van der Waals surface area contributed by atoms with Gasteiger partial charge in [0.2, 0.25) is 11.8 Å². The SMILES string of the molecule is COC(=O)[C@]1(CCSC)N[C@H](c2ccc(Cl)cc2)[C@H]2C(=O)N(C)C(=O)[C@H]21. The van der Waals surface area contributed by atoms with Crippen LogP contribution in [-0.2, 0) is 19.1 Å². The third-order valence-electron chi connectivity index (χ3n) is 5.35. The van der Waals surface area contributed by atoms with Crippen LogP contribution in [0.1, 0.15) is 18.0 Å². The Bertz CT molecular complexity index is 741. The number of hydrogen-bond donors (Lipinski definition) is 1. The second kappa shape index (κ2) is 7.21.